The van der Waals surface area contributed by atoms with Crippen LogP contribution in [-0.2, 0) is 6.42 Å². The summed E-state index contributed by atoms with van der Waals surface area (Å²) in [7, 11) is 0. The Labute approximate surface area is 141 Å². The van der Waals surface area contributed by atoms with Gasteiger partial charge in [-0.15, -0.1) is 0 Å². The Hall–Kier alpha value is -0.780. The van der Waals surface area contributed by atoms with Crippen LogP contribution < -0.4 is 0 Å². The van der Waals surface area contributed by atoms with Crippen molar-refractivity contribution in [3.63, 3.8) is 0 Å². The van der Waals surface area contributed by atoms with Gasteiger partial charge in [0.05, 0.1) is 0 Å². The second-order valence-corrected chi connectivity index (χ2v) is 6.29. The Morgan fingerprint density at radius 3 is 1.64 bits per heavy atom. The van der Waals surface area contributed by atoms with Crippen LogP contribution in [0.3, 0.4) is 0 Å². The van der Waals surface area contributed by atoms with Crippen molar-refractivity contribution in [2.24, 2.45) is 5.92 Å². The molecular weight excluding hydrogens is 264 g/mol. The lowest BCUT2D eigenvalue weighted by molar-refractivity contribution is 0.448. The van der Waals surface area contributed by atoms with Gasteiger partial charge in [0.1, 0.15) is 0 Å². The van der Waals surface area contributed by atoms with Gasteiger partial charge in [-0.25, -0.2) is 0 Å². The highest BCUT2D eigenvalue weighted by Gasteiger charge is 1.99. The van der Waals surface area contributed by atoms with E-state index in [2.05, 4.69) is 65.8 Å². The number of aryl methyl sites for hydroxylation is 1. The molecule has 0 nitrogen and oxygen atoms in total. The lowest BCUT2D eigenvalue weighted by Crippen LogP contribution is -1.93. The van der Waals surface area contributed by atoms with Gasteiger partial charge in [-0.1, -0.05) is 123 Å². The molecule has 0 radical (unpaired) electrons. The van der Waals surface area contributed by atoms with E-state index in [0.717, 1.165) is 12.3 Å². The fourth-order valence-electron chi connectivity index (χ4n) is 2.15. The molecule has 0 heterocycles. The van der Waals surface area contributed by atoms with Crippen LogP contribution in [0.2, 0.25) is 0 Å². The molecule has 0 spiro atoms. The van der Waals surface area contributed by atoms with E-state index >= 15 is 0 Å². The molecule has 0 fully saturated rings. The van der Waals surface area contributed by atoms with Crippen molar-refractivity contribution in [3.05, 3.63) is 35.9 Å². The molecule has 1 atom stereocenters. The van der Waals surface area contributed by atoms with Gasteiger partial charge in [0.15, 0.2) is 0 Å². The molecule has 0 bridgehead atoms. The lowest BCUT2D eigenvalue weighted by atomic mass is 9.98. The van der Waals surface area contributed by atoms with Gasteiger partial charge >= 0.3 is 0 Å². The SMILES string of the molecule is CCC.CCCCCC(C)CCCC.CCc1ccccc1. The minimum absolute atomic E-state index is 0.974. The second kappa shape index (κ2) is 20.2. The summed E-state index contributed by atoms with van der Waals surface area (Å²) in [4.78, 5) is 0. The van der Waals surface area contributed by atoms with Crippen LogP contribution in [0.5, 0.6) is 0 Å². The van der Waals surface area contributed by atoms with Crippen molar-refractivity contribution in [3.8, 4) is 0 Å². The molecule has 0 aliphatic rings. The quantitative estimate of drug-likeness (QED) is 0.426. The molecular formula is C22H42. The van der Waals surface area contributed by atoms with Crippen LogP contribution in [0.15, 0.2) is 30.3 Å². The van der Waals surface area contributed by atoms with E-state index in [9.17, 15) is 0 Å². The van der Waals surface area contributed by atoms with Gasteiger partial charge in [-0.3, -0.25) is 0 Å². The zero-order chi connectivity index (χ0) is 17.1. The molecule has 0 aliphatic carbocycles. The zero-order valence-corrected chi connectivity index (χ0v) is 16.3. The van der Waals surface area contributed by atoms with Crippen LogP contribution in [0.4, 0.5) is 0 Å². The predicted molar refractivity (Wildman–Crippen MR) is 105 cm³/mol. The Morgan fingerprint density at radius 2 is 1.23 bits per heavy atom. The van der Waals surface area contributed by atoms with Crippen LogP contribution >= 0.6 is 0 Å². The standard InChI is InChI=1S/C11H24.C8H10.C3H8/c1-4-6-8-10-11(3)9-7-5-2;1-2-8-6-4-3-5-7-8;1-3-2/h11H,4-10H2,1-3H3;3-7H,2H2,1H3;3H2,1-2H3. The minimum Gasteiger partial charge on any atom is -0.0656 e. The third-order valence-corrected chi connectivity index (χ3v) is 3.60. The summed E-state index contributed by atoms with van der Waals surface area (Å²) in [6.45, 7) is 13.4. The largest absolute Gasteiger partial charge is 0.0656 e. The first-order chi connectivity index (χ1) is 10.7. The van der Waals surface area contributed by atoms with E-state index in [1.165, 1.54) is 56.9 Å². The number of hydrogen-bond donors (Lipinski definition) is 0. The van der Waals surface area contributed by atoms with Gasteiger partial charge in [0.25, 0.3) is 0 Å². The molecule has 0 saturated carbocycles. The summed E-state index contributed by atoms with van der Waals surface area (Å²) < 4.78 is 0. The third-order valence-electron chi connectivity index (χ3n) is 3.60. The van der Waals surface area contributed by atoms with Crippen molar-refractivity contribution < 1.29 is 0 Å². The average molecular weight is 307 g/mol. The fourth-order valence-corrected chi connectivity index (χ4v) is 2.15. The maximum atomic E-state index is 2.39. The first-order valence-corrected chi connectivity index (χ1v) is 9.69. The van der Waals surface area contributed by atoms with E-state index in [4.69, 9.17) is 0 Å². The van der Waals surface area contributed by atoms with Crippen molar-refractivity contribution in [1.82, 2.24) is 0 Å². The van der Waals surface area contributed by atoms with Crippen LogP contribution in [0.1, 0.15) is 98.5 Å². The molecule has 0 N–H and O–H groups in total. The minimum atomic E-state index is 0.974. The number of hydrogen-bond acceptors (Lipinski definition) is 0. The molecule has 0 aromatic heterocycles. The predicted octanol–water partition coefficient (Wildman–Crippen LogP) is 8.06. The summed E-state index contributed by atoms with van der Waals surface area (Å²) in [6, 6.07) is 10.5. The van der Waals surface area contributed by atoms with Gasteiger partial charge in [0, 0.05) is 0 Å². The molecule has 0 saturated heterocycles. The number of unbranched alkanes of at least 4 members (excludes halogenated alkanes) is 3. The Bertz CT molecular complexity index is 275. The maximum absolute atomic E-state index is 2.39. The van der Waals surface area contributed by atoms with Crippen molar-refractivity contribution in [2.75, 3.05) is 0 Å². The molecule has 1 rings (SSSR count). The molecule has 0 aliphatic heterocycles. The molecule has 0 amide bonds. The van der Waals surface area contributed by atoms with E-state index < -0.39 is 0 Å². The van der Waals surface area contributed by atoms with E-state index in [1.807, 2.05) is 6.07 Å². The van der Waals surface area contributed by atoms with Crippen molar-refractivity contribution in [2.45, 2.75) is 99.3 Å². The highest BCUT2D eigenvalue weighted by molar-refractivity contribution is 5.13. The summed E-state index contributed by atoms with van der Waals surface area (Å²) in [5.41, 5.74) is 1.41. The molecule has 130 valence electrons. The van der Waals surface area contributed by atoms with E-state index in [0.29, 0.717) is 0 Å². The van der Waals surface area contributed by atoms with Gasteiger partial charge in [0.2, 0.25) is 0 Å². The summed E-state index contributed by atoms with van der Waals surface area (Å²) in [5.74, 6) is 0.974. The smallest absolute Gasteiger partial charge is 0.0307 e. The van der Waals surface area contributed by atoms with Gasteiger partial charge in [-0.05, 0) is 17.9 Å². The topological polar surface area (TPSA) is 0 Å². The third kappa shape index (κ3) is 19.2. The summed E-state index contributed by atoms with van der Waals surface area (Å²) in [5, 5.41) is 0. The second-order valence-electron chi connectivity index (χ2n) is 6.29. The van der Waals surface area contributed by atoms with E-state index in [-0.39, 0.29) is 0 Å². The number of benzene rings is 1. The molecule has 1 aromatic carbocycles. The highest BCUT2D eigenvalue weighted by atomic mass is 14.1. The summed E-state index contributed by atoms with van der Waals surface area (Å²) in [6.07, 6.45) is 12.3. The molecule has 1 aromatic rings. The average Bonchev–Trinajstić information content (AvgIpc) is 2.55. The monoisotopic (exact) mass is 306 g/mol. The first kappa shape index (κ1) is 23.5. The Morgan fingerprint density at radius 1 is 0.727 bits per heavy atom. The van der Waals surface area contributed by atoms with Crippen LogP contribution in [0.25, 0.3) is 0 Å². The molecule has 0 heteroatoms. The summed E-state index contributed by atoms with van der Waals surface area (Å²) >= 11 is 0. The zero-order valence-electron chi connectivity index (χ0n) is 16.3. The Kier molecular flexibility index (Phi) is 21.6. The fraction of sp³-hybridized carbons (Fsp3) is 0.727. The molecule has 22 heavy (non-hydrogen) atoms. The van der Waals surface area contributed by atoms with E-state index in [1.54, 1.807) is 0 Å². The van der Waals surface area contributed by atoms with Crippen LogP contribution in [0, 0.1) is 5.92 Å². The first-order valence-electron chi connectivity index (χ1n) is 9.69. The normalized spacial score (nSPS) is 10.8. The molecule has 1 unspecified atom stereocenters. The van der Waals surface area contributed by atoms with Crippen molar-refractivity contribution >= 4 is 0 Å². The maximum Gasteiger partial charge on any atom is -0.0307 e. The van der Waals surface area contributed by atoms with Gasteiger partial charge < -0.3 is 0 Å². The van der Waals surface area contributed by atoms with Gasteiger partial charge in [-0.2, -0.15) is 0 Å². The number of rotatable bonds is 8. The van der Waals surface area contributed by atoms with Crippen LogP contribution in [-0.4, -0.2) is 0 Å². The Balaban J connectivity index is 0. The highest BCUT2D eigenvalue weighted by Crippen LogP contribution is 2.15. The lowest BCUT2D eigenvalue weighted by Gasteiger charge is -2.09. The van der Waals surface area contributed by atoms with Crippen molar-refractivity contribution in [1.29, 1.82) is 0 Å².